The zero-order valence-corrected chi connectivity index (χ0v) is 11.2. The Bertz CT molecular complexity index is 660. The summed E-state index contributed by atoms with van der Waals surface area (Å²) in [4.78, 5) is 23.1. The standard InChI is InChI=1S/C13H16N4O3/c1-16-7-10(6-15-16)4-5-20-13(19)9-17-8-11(14)2-3-12(17)18/h2-3,6-8H,4-5,9,14H2,1H3. The number of aromatic nitrogens is 3. The van der Waals surface area contributed by atoms with Gasteiger partial charge in [0.15, 0.2) is 0 Å². The second-order valence-electron chi connectivity index (χ2n) is 4.42. The lowest BCUT2D eigenvalue weighted by Crippen LogP contribution is -2.25. The number of esters is 1. The quantitative estimate of drug-likeness (QED) is 0.773. The summed E-state index contributed by atoms with van der Waals surface area (Å²) in [5.41, 5.74) is 6.68. The number of carbonyl (C=O) groups is 1. The Morgan fingerprint density at radius 2 is 2.20 bits per heavy atom. The lowest BCUT2D eigenvalue weighted by Gasteiger charge is -2.06. The van der Waals surface area contributed by atoms with E-state index in [9.17, 15) is 9.59 Å². The van der Waals surface area contributed by atoms with Crippen LogP contribution in [0.25, 0.3) is 0 Å². The number of nitrogen functional groups attached to an aromatic ring is 1. The molecule has 0 atom stereocenters. The van der Waals surface area contributed by atoms with Gasteiger partial charge in [0.1, 0.15) is 6.54 Å². The first-order chi connectivity index (χ1) is 9.54. The number of nitrogens with zero attached hydrogens (tertiary/aromatic N) is 3. The van der Waals surface area contributed by atoms with Gasteiger partial charge < -0.3 is 15.0 Å². The van der Waals surface area contributed by atoms with Crippen LogP contribution in [0.5, 0.6) is 0 Å². The lowest BCUT2D eigenvalue weighted by molar-refractivity contribution is -0.144. The van der Waals surface area contributed by atoms with Crippen LogP contribution in [0, 0.1) is 0 Å². The van der Waals surface area contributed by atoms with Crippen molar-refractivity contribution in [2.24, 2.45) is 7.05 Å². The highest BCUT2D eigenvalue weighted by molar-refractivity contribution is 5.69. The Morgan fingerprint density at radius 1 is 1.40 bits per heavy atom. The molecule has 7 heteroatoms. The average molecular weight is 276 g/mol. The highest BCUT2D eigenvalue weighted by Crippen LogP contribution is 1.99. The largest absolute Gasteiger partial charge is 0.464 e. The van der Waals surface area contributed by atoms with E-state index in [-0.39, 0.29) is 18.7 Å². The second-order valence-corrected chi connectivity index (χ2v) is 4.42. The Kier molecular flexibility index (Phi) is 4.19. The predicted octanol–water partition coefficient (Wildman–Crippen LogP) is -0.0501. The van der Waals surface area contributed by atoms with Crippen LogP contribution in [0.4, 0.5) is 5.69 Å². The van der Waals surface area contributed by atoms with E-state index >= 15 is 0 Å². The summed E-state index contributed by atoms with van der Waals surface area (Å²) in [5, 5.41) is 4.02. The molecule has 7 nitrogen and oxygen atoms in total. The molecule has 0 aliphatic heterocycles. The van der Waals surface area contributed by atoms with E-state index in [1.165, 1.54) is 22.9 Å². The Balaban J connectivity index is 1.83. The molecule has 0 fully saturated rings. The molecule has 0 aliphatic carbocycles. The highest BCUT2D eigenvalue weighted by atomic mass is 16.5. The summed E-state index contributed by atoms with van der Waals surface area (Å²) in [6.45, 7) is 0.110. The first-order valence-corrected chi connectivity index (χ1v) is 6.14. The van der Waals surface area contributed by atoms with Gasteiger partial charge in [-0.3, -0.25) is 14.3 Å². The molecule has 2 aromatic heterocycles. The van der Waals surface area contributed by atoms with Gasteiger partial charge >= 0.3 is 5.97 Å². The van der Waals surface area contributed by atoms with E-state index in [0.29, 0.717) is 12.1 Å². The number of pyridine rings is 1. The van der Waals surface area contributed by atoms with Crippen molar-refractivity contribution in [2.45, 2.75) is 13.0 Å². The third-order valence-electron chi connectivity index (χ3n) is 2.72. The van der Waals surface area contributed by atoms with E-state index in [1.54, 1.807) is 10.9 Å². The minimum absolute atomic E-state index is 0.142. The number of ether oxygens (including phenoxy) is 1. The van der Waals surface area contributed by atoms with Gasteiger partial charge in [-0.25, -0.2) is 0 Å². The van der Waals surface area contributed by atoms with Crippen LogP contribution >= 0.6 is 0 Å². The molecule has 0 unspecified atom stereocenters. The molecule has 0 saturated heterocycles. The summed E-state index contributed by atoms with van der Waals surface area (Å²) in [6.07, 6.45) is 5.59. The smallest absolute Gasteiger partial charge is 0.326 e. The van der Waals surface area contributed by atoms with Crippen molar-refractivity contribution < 1.29 is 9.53 Å². The molecule has 2 N–H and O–H groups in total. The molecule has 0 saturated carbocycles. The number of rotatable bonds is 5. The molecule has 0 radical (unpaired) electrons. The minimum Gasteiger partial charge on any atom is -0.464 e. The van der Waals surface area contributed by atoms with Gasteiger partial charge in [-0.2, -0.15) is 5.10 Å². The molecule has 2 rings (SSSR count). The molecular weight excluding hydrogens is 260 g/mol. The first-order valence-electron chi connectivity index (χ1n) is 6.14. The molecule has 2 aromatic rings. The van der Waals surface area contributed by atoms with E-state index in [1.807, 2.05) is 13.2 Å². The number of carbonyl (C=O) groups excluding carboxylic acids is 1. The summed E-state index contributed by atoms with van der Waals surface area (Å²) in [6, 6.07) is 2.81. The third-order valence-corrected chi connectivity index (χ3v) is 2.72. The van der Waals surface area contributed by atoms with Crippen LogP contribution in [-0.2, 0) is 29.5 Å². The molecule has 0 spiro atoms. The fourth-order valence-electron chi connectivity index (χ4n) is 1.74. The van der Waals surface area contributed by atoms with Crippen molar-refractivity contribution in [3.63, 3.8) is 0 Å². The van der Waals surface area contributed by atoms with Crippen LogP contribution in [0.15, 0.2) is 35.5 Å². The van der Waals surface area contributed by atoms with Crippen molar-refractivity contribution in [1.82, 2.24) is 14.3 Å². The Morgan fingerprint density at radius 3 is 2.90 bits per heavy atom. The number of anilines is 1. The van der Waals surface area contributed by atoms with Crippen molar-refractivity contribution in [3.05, 3.63) is 46.6 Å². The van der Waals surface area contributed by atoms with Crippen LogP contribution < -0.4 is 11.3 Å². The normalized spacial score (nSPS) is 10.4. The fraction of sp³-hybridized carbons (Fsp3) is 0.308. The van der Waals surface area contributed by atoms with E-state index in [2.05, 4.69) is 5.10 Å². The molecule has 0 aliphatic rings. The lowest BCUT2D eigenvalue weighted by atomic mass is 10.3. The van der Waals surface area contributed by atoms with Gasteiger partial charge in [0, 0.05) is 37.6 Å². The predicted molar refractivity (Wildman–Crippen MR) is 73.0 cm³/mol. The number of aryl methyl sites for hydroxylation is 1. The fourth-order valence-corrected chi connectivity index (χ4v) is 1.74. The van der Waals surface area contributed by atoms with Crippen molar-refractivity contribution >= 4 is 11.7 Å². The molecule has 106 valence electrons. The number of hydrogen-bond acceptors (Lipinski definition) is 5. The average Bonchev–Trinajstić information content (AvgIpc) is 2.80. The minimum atomic E-state index is -0.471. The summed E-state index contributed by atoms with van der Waals surface area (Å²) in [7, 11) is 1.82. The first kappa shape index (κ1) is 13.9. The van der Waals surface area contributed by atoms with Crippen molar-refractivity contribution in [3.8, 4) is 0 Å². The SMILES string of the molecule is Cn1cc(CCOC(=O)Cn2cc(N)ccc2=O)cn1. The molecule has 0 bridgehead atoms. The molecular formula is C13H16N4O3. The van der Waals surface area contributed by atoms with Gasteiger partial charge in [0.25, 0.3) is 5.56 Å². The maximum absolute atomic E-state index is 11.6. The zero-order chi connectivity index (χ0) is 14.5. The van der Waals surface area contributed by atoms with Gasteiger partial charge in [0.2, 0.25) is 0 Å². The van der Waals surface area contributed by atoms with Crippen molar-refractivity contribution in [1.29, 1.82) is 0 Å². The molecule has 20 heavy (non-hydrogen) atoms. The molecule has 0 aromatic carbocycles. The van der Waals surface area contributed by atoms with E-state index in [0.717, 1.165) is 5.56 Å². The summed E-state index contributed by atoms with van der Waals surface area (Å²) in [5.74, 6) is -0.471. The maximum atomic E-state index is 11.6. The number of hydrogen-bond donors (Lipinski definition) is 1. The van der Waals surface area contributed by atoms with Gasteiger partial charge in [-0.05, 0) is 11.6 Å². The van der Waals surface area contributed by atoms with Crippen LogP contribution in [0.2, 0.25) is 0 Å². The summed E-state index contributed by atoms with van der Waals surface area (Å²) < 4.78 is 7.99. The zero-order valence-electron chi connectivity index (χ0n) is 11.2. The van der Waals surface area contributed by atoms with Gasteiger partial charge in [-0.1, -0.05) is 0 Å². The molecule has 0 amide bonds. The molecule has 2 heterocycles. The second kappa shape index (κ2) is 6.05. The highest BCUT2D eigenvalue weighted by Gasteiger charge is 2.06. The Labute approximate surface area is 115 Å². The third kappa shape index (κ3) is 3.71. The van der Waals surface area contributed by atoms with Gasteiger partial charge in [-0.15, -0.1) is 0 Å². The van der Waals surface area contributed by atoms with Gasteiger partial charge in [0.05, 0.1) is 12.8 Å². The number of nitrogens with two attached hydrogens (primary N) is 1. The Hall–Kier alpha value is -2.57. The van der Waals surface area contributed by atoms with Crippen molar-refractivity contribution in [2.75, 3.05) is 12.3 Å². The maximum Gasteiger partial charge on any atom is 0.326 e. The van der Waals surface area contributed by atoms with E-state index < -0.39 is 5.97 Å². The monoisotopic (exact) mass is 276 g/mol. The van der Waals surface area contributed by atoms with Crippen LogP contribution in [0.3, 0.4) is 0 Å². The van der Waals surface area contributed by atoms with E-state index in [4.69, 9.17) is 10.5 Å². The topological polar surface area (TPSA) is 92.1 Å². The van der Waals surface area contributed by atoms with Crippen LogP contribution in [-0.4, -0.2) is 26.9 Å². The van der Waals surface area contributed by atoms with Crippen LogP contribution in [0.1, 0.15) is 5.56 Å². The summed E-state index contributed by atoms with van der Waals surface area (Å²) >= 11 is 0.